The number of nitrogens with one attached hydrogen (secondary N) is 1. The highest BCUT2D eigenvalue weighted by Crippen LogP contribution is 2.23. The van der Waals surface area contributed by atoms with Crippen molar-refractivity contribution in [1.29, 1.82) is 0 Å². The van der Waals surface area contributed by atoms with Crippen LogP contribution in [0.3, 0.4) is 0 Å². The SMILES string of the molecule is COc1cccc(NC(=O)C(OC(=O)CCN2CCSC2=O)c2ccccc2)c1. The molecule has 8 heteroatoms. The first-order valence-electron chi connectivity index (χ1n) is 9.18. The summed E-state index contributed by atoms with van der Waals surface area (Å²) < 4.78 is 10.7. The number of ether oxygens (including phenoxy) is 2. The van der Waals surface area contributed by atoms with Crippen LogP contribution in [-0.4, -0.2) is 48.0 Å². The van der Waals surface area contributed by atoms with Gasteiger partial charge in [0.2, 0.25) is 6.10 Å². The highest BCUT2D eigenvalue weighted by Gasteiger charge is 2.27. The van der Waals surface area contributed by atoms with Gasteiger partial charge in [0.05, 0.1) is 13.5 Å². The van der Waals surface area contributed by atoms with Gasteiger partial charge in [-0.15, -0.1) is 0 Å². The van der Waals surface area contributed by atoms with Gasteiger partial charge in [-0.1, -0.05) is 48.2 Å². The minimum Gasteiger partial charge on any atom is -0.497 e. The predicted molar refractivity (Wildman–Crippen MR) is 111 cm³/mol. The molecule has 0 aliphatic carbocycles. The minimum absolute atomic E-state index is 0.0298. The quantitative estimate of drug-likeness (QED) is 0.666. The molecule has 1 aliphatic rings. The molecule has 2 amide bonds. The van der Waals surface area contributed by atoms with E-state index in [2.05, 4.69) is 5.32 Å². The van der Waals surface area contributed by atoms with Gasteiger partial charge in [-0.3, -0.25) is 14.4 Å². The molecule has 1 fully saturated rings. The second kappa shape index (κ2) is 9.97. The molecule has 1 N–H and O–H groups in total. The van der Waals surface area contributed by atoms with Crippen molar-refractivity contribution in [1.82, 2.24) is 4.90 Å². The monoisotopic (exact) mass is 414 g/mol. The Hall–Kier alpha value is -3.00. The molecule has 152 valence electrons. The fourth-order valence-electron chi connectivity index (χ4n) is 2.85. The van der Waals surface area contributed by atoms with E-state index in [9.17, 15) is 14.4 Å². The van der Waals surface area contributed by atoms with Crippen molar-refractivity contribution in [3.63, 3.8) is 0 Å². The molecule has 2 aromatic carbocycles. The number of hydrogen-bond acceptors (Lipinski definition) is 6. The van der Waals surface area contributed by atoms with Gasteiger partial charge in [-0.25, -0.2) is 0 Å². The lowest BCUT2D eigenvalue weighted by molar-refractivity contribution is -0.154. The number of benzene rings is 2. The summed E-state index contributed by atoms with van der Waals surface area (Å²) in [6.07, 6.45) is -1.07. The fraction of sp³-hybridized carbons (Fsp3) is 0.286. The Morgan fingerprint density at radius 2 is 1.97 bits per heavy atom. The third-order valence-corrected chi connectivity index (χ3v) is 5.25. The maximum atomic E-state index is 12.9. The number of esters is 1. The molecule has 2 aromatic rings. The number of carbonyl (C=O) groups excluding carboxylic acids is 3. The van der Waals surface area contributed by atoms with Crippen LogP contribution in [-0.2, 0) is 14.3 Å². The van der Waals surface area contributed by atoms with Crippen molar-refractivity contribution in [2.75, 3.05) is 31.3 Å². The van der Waals surface area contributed by atoms with Crippen LogP contribution in [0.15, 0.2) is 54.6 Å². The molecule has 0 radical (unpaired) electrons. The van der Waals surface area contributed by atoms with Gasteiger partial charge in [-0.2, -0.15) is 0 Å². The topological polar surface area (TPSA) is 84.9 Å². The molecule has 1 aliphatic heterocycles. The van der Waals surface area contributed by atoms with Crippen LogP contribution in [0, 0.1) is 0 Å². The lowest BCUT2D eigenvalue weighted by Gasteiger charge is -2.19. The second-order valence-electron chi connectivity index (χ2n) is 6.35. The molecular weight excluding hydrogens is 392 g/mol. The molecular formula is C21H22N2O5S. The number of thioether (sulfide) groups is 1. The van der Waals surface area contributed by atoms with Gasteiger partial charge in [0.1, 0.15) is 5.75 Å². The van der Waals surface area contributed by atoms with Crippen LogP contribution in [0.1, 0.15) is 18.1 Å². The normalized spacial score (nSPS) is 14.4. The van der Waals surface area contributed by atoms with Crippen molar-refractivity contribution >= 4 is 34.6 Å². The molecule has 1 heterocycles. The molecule has 1 saturated heterocycles. The van der Waals surface area contributed by atoms with E-state index in [1.807, 2.05) is 6.07 Å². The summed E-state index contributed by atoms with van der Waals surface area (Å²) in [6, 6.07) is 15.7. The summed E-state index contributed by atoms with van der Waals surface area (Å²) in [5.74, 6) is 0.322. The second-order valence-corrected chi connectivity index (χ2v) is 7.40. The summed E-state index contributed by atoms with van der Waals surface area (Å²) in [4.78, 5) is 38.5. The number of nitrogens with zero attached hydrogens (tertiary/aromatic N) is 1. The maximum Gasteiger partial charge on any atom is 0.308 e. The summed E-state index contributed by atoms with van der Waals surface area (Å²) in [6.45, 7) is 0.902. The van der Waals surface area contributed by atoms with E-state index in [0.29, 0.717) is 23.5 Å². The van der Waals surface area contributed by atoms with E-state index < -0.39 is 18.0 Å². The molecule has 0 bridgehead atoms. The molecule has 1 atom stereocenters. The number of methoxy groups -OCH3 is 1. The van der Waals surface area contributed by atoms with Gasteiger partial charge < -0.3 is 19.7 Å². The van der Waals surface area contributed by atoms with E-state index in [1.165, 1.54) is 11.8 Å². The first-order valence-corrected chi connectivity index (χ1v) is 10.2. The lowest BCUT2D eigenvalue weighted by atomic mass is 10.1. The van der Waals surface area contributed by atoms with Crippen molar-refractivity contribution in [2.24, 2.45) is 0 Å². The zero-order valence-corrected chi connectivity index (χ0v) is 16.8. The summed E-state index contributed by atoms with van der Waals surface area (Å²) in [5, 5.41) is 2.73. The van der Waals surface area contributed by atoms with Crippen molar-refractivity contribution in [3.8, 4) is 5.75 Å². The van der Waals surface area contributed by atoms with E-state index >= 15 is 0 Å². The summed E-state index contributed by atoms with van der Waals surface area (Å²) in [7, 11) is 1.54. The highest BCUT2D eigenvalue weighted by molar-refractivity contribution is 8.13. The predicted octanol–water partition coefficient (Wildman–Crippen LogP) is 3.48. The number of amides is 2. The zero-order valence-electron chi connectivity index (χ0n) is 16.0. The number of anilines is 1. The Morgan fingerprint density at radius 1 is 1.17 bits per heavy atom. The lowest BCUT2D eigenvalue weighted by Crippen LogP contribution is -2.29. The van der Waals surface area contributed by atoms with Gasteiger partial charge in [0.15, 0.2) is 0 Å². The minimum atomic E-state index is -1.10. The van der Waals surface area contributed by atoms with Crippen LogP contribution >= 0.6 is 11.8 Å². The van der Waals surface area contributed by atoms with E-state index in [1.54, 1.807) is 60.5 Å². The summed E-state index contributed by atoms with van der Waals surface area (Å²) >= 11 is 1.24. The summed E-state index contributed by atoms with van der Waals surface area (Å²) in [5.41, 5.74) is 1.10. The molecule has 1 unspecified atom stereocenters. The molecule has 0 spiro atoms. The van der Waals surface area contributed by atoms with Crippen LogP contribution in [0.4, 0.5) is 10.5 Å². The Balaban J connectivity index is 1.68. The third-order valence-electron chi connectivity index (χ3n) is 4.36. The first kappa shape index (κ1) is 20.7. The van der Waals surface area contributed by atoms with Gasteiger partial charge in [-0.05, 0) is 12.1 Å². The van der Waals surface area contributed by atoms with E-state index in [-0.39, 0.29) is 18.2 Å². The van der Waals surface area contributed by atoms with Gasteiger partial charge in [0.25, 0.3) is 11.1 Å². The average Bonchev–Trinajstić information content (AvgIpc) is 3.16. The third kappa shape index (κ3) is 5.74. The van der Waals surface area contributed by atoms with Gasteiger partial charge >= 0.3 is 5.97 Å². The van der Waals surface area contributed by atoms with Crippen molar-refractivity contribution in [3.05, 3.63) is 60.2 Å². The molecule has 3 rings (SSSR count). The Morgan fingerprint density at radius 3 is 2.66 bits per heavy atom. The number of carbonyl (C=O) groups is 3. The molecule has 7 nitrogen and oxygen atoms in total. The van der Waals surface area contributed by atoms with Crippen molar-refractivity contribution < 1.29 is 23.9 Å². The van der Waals surface area contributed by atoms with Crippen LogP contribution < -0.4 is 10.1 Å². The zero-order chi connectivity index (χ0) is 20.6. The maximum absolute atomic E-state index is 12.9. The van der Waals surface area contributed by atoms with Crippen LogP contribution in [0.2, 0.25) is 0 Å². The molecule has 0 aromatic heterocycles. The Kier molecular flexibility index (Phi) is 7.13. The smallest absolute Gasteiger partial charge is 0.308 e. The van der Waals surface area contributed by atoms with Gasteiger partial charge in [0, 0.05) is 36.2 Å². The fourth-order valence-corrected chi connectivity index (χ4v) is 3.71. The Bertz CT molecular complexity index is 874. The first-order chi connectivity index (χ1) is 14.1. The van der Waals surface area contributed by atoms with E-state index in [0.717, 1.165) is 5.75 Å². The molecule has 0 saturated carbocycles. The van der Waals surface area contributed by atoms with Crippen molar-refractivity contribution in [2.45, 2.75) is 12.5 Å². The standard InChI is InChI=1S/C21H22N2O5S/c1-27-17-9-5-8-16(14-17)22-20(25)19(15-6-3-2-4-7-15)28-18(24)10-11-23-12-13-29-21(23)26/h2-9,14,19H,10-13H2,1H3,(H,22,25). The average molecular weight is 414 g/mol. The number of hydrogen-bond donors (Lipinski definition) is 1. The highest BCUT2D eigenvalue weighted by atomic mass is 32.2. The van der Waals surface area contributed by atoms with Crippen LogP contribution in [0.5, 0.6) is 5.75 Å². The van der Waals surface area contributed by atoms with E-state index in [4.69, 9.17) is 9.47 Å². The number of rotatable bonds is 8. The Labute approximate surface area is 173 Å². The van der Waals surface area contributed by atoms with Crippen LogP contribution in [0.25, 0.3) is 0 Å². The largest absolute Gasteiger partial charge is 0.497 e. The molecule has 29 heavy (non-hydrogen) atoms.